The maximum atomic E-state index is 12.1. The first-order chi connectivity index (χ1) is 14.0. The molecular weight excluding hydrogens is 394 g/mol. The molecule has 0 aliphatic heterocycles. The number of imide groups is 1. The lowest BCUT2D eigenvalue weighted by molar-refractivity contribution is -0.645. The summed E-state index contributed by atoms with van der Waals surface area (Å²) in [5, 5.41) is 16.8. The standard InChI is InChI=1S/C20H25N3O5S/c1-3-11-27-16-9-8-15(13-17(16)28-12-4-2)21-20(25)22-18(24)14-29-19-7-5-6-10-23(19)26/h5-10,13H,3-4,11-12,14H2,1-2H3,(H2,21,22,24,25). The average Bonchev–Trinajstić information content (AvgIpc) is 2.70. The number of carbonyl (C=O) groups is 2. The summed E-state index contributed by atoms with van der Waals surface area (Å²) < 4.78 is 12.0. The molecule has 29 heavy (non-hydrogen) atoms. The molecule has 0 fully saturated rings. The molecule has 0 atom stereocenters. The summed E-state index contributed by atoms with van der Waals surface area (Å²) in [6.07, 6.45) is 3.05. The Kier molecular flexibility index (Phi) is 9.10. The van der Waals surface area contributed by atoms with Crippen LogP contribution in [0.15, 0.2) is 47.6 Å². The van der Waals surface area contributed by atoms with E-state index < -0.39 is 11.9 Å². The molecule has 0 saturated carbocycles. The Morgan fingerprint density at radius 1 is 1.07 bits per heavy atom. The Hall–Kier alpha value is -2.94. The molecule has 0 spiro atoms. The minimum absolute atomic E-state index is 0.0612. The molecule has 0 bridgehead atoms. The fourth-order valence-corrected chi connectivity index (χ4v) is 2.94. The van der Waals surface area contributed by atoms with Crippen molar-refractivity contribution in [2.75, 3.05) is 24.3 Å². The van der Waals surface area contributed by atoms with Gasteiger partial charge in [0.05, 0.1) is 19.0 Å². The Balaban J connectivity index is 1.91. The molecule has 9 heteroatoms. The number of aromatic nitrogens is 1. The predicted molar refractivity (Wildman–Crippen MR) is 111 cm³/mol. The van der Waals surface area contributed by atoms with Crippen molar-refractivity contribution in [1.82, 2.24) is 5.32 Å². The number of hydrogen-bond donors (Lipinski definition) is 2. The van der Waals surface area contributed by atoms with Crippen molar-refractivity contribution in [2.24, 2.45) is 0 Å². The first kappa shape index (κ1) is 22.4. The highest BCUT2D eigenvalue weighted by atomic mass is 32.2. The van der Waals surface area contributed by atoms with Gasteiger partial charge >= 0.3 is 6.03 Å². The van der Waals surface area contributed by atoms with Crippen LogP contribution in [0, 0.1) is 5.21 Å². The Labute approximate surface area is 174 Å². The summed E-state index contributed by atoms with van der Waals surface area (Å²) in [6.45, 7) is 5.09. The van der Waals surface area contributed by atoms with E-state index in [0.29, 0.717) is 40.2 Å². The lowest BCUT2D eigenvalue weighted by Crippen LogP contribution is -2.36. The van der Waals surface area contributed by atoms with E-state index in [1.807, 2.05) is 13.8 Å². The summed E-state index contributed by atoms with van der Waals surface area (Å²) in [6, 6.07) is 9.29. The Morgan fingerprint density at radius 3 is 2.48 bits per heavy atom. The van der Waals surface area contributed by atoms with Crippen molar-refractivity contribution in [1.29, 1.82) is 0 Å². The number of pyridine rings is 1. The van der Waals surface area contributed by atoms with Gasteiger partial charge in [-0.15, -0.1) is 0 Å². The summed E-state index contributed by atoms with van der Waals surface area (Å²) in [4.78, 5) is 24.1. The molecule has 1 aromatic heterocycles. The van der Waals surface area contributed by atoms with E-state index in [1.165, 1.54) is 6.20 Å². The van der Waals surface area contributed by atoms with Crippen LogP contribution in [0.4, 0.5) is 10.5 Å². The smallest absolute Gasteiger partial charge is 0.325 e. The first-order valence-corrected chi connectivity index (χ1v) is 10.3. The molecule has 2 aromatic rings. The van der Waals surface area contributed by atoms with Crippen molar-refractivity contribution in [3.05, 3.63) is 47.8 Å². The molecule has 3 amide bonds. The van der Waals surface area contributed by atoms with Gasteiger partial charge in [0.25, 0.3) is 5.03 Å². The Morgan fingerprint density at radius 2 is 1.79 bits per heavy atom. The quantitative estimate of drug-likeness (QED) is 0.348. The highest BCUT2D eigenvalue weighted by molar-refractivity contribution is 7.99. The Bertz CT molecular complexity index is 832. The zero-order chi connectivity index (χ0) is 21.1. The van der Waals surface area contributed by atoms with Crippen LogP contribution >= 0.6 is 11.8 Å². The molecule has 0 aliphatic rings. The van der Waals surface area contributed by atoms with Crippen molar-refractivity contribution in [3.63, 3.8) is 0 Å². The third kappa shape index (κ3) is 7.53. The number of carbonyl (C=O) groups excluding carboxylic acids is 2. The lowest BCUT2D eigenvalue weighted by Gasteiger charge is -2.14. The average molecular weight is 420 g/mol. The zero-order valence-electron chi connectivity index (χ0n) is 16.5. The monoisotopic (exact) mass is 419 g/mol. The third-order valence-electron chi connectivity index (χ3n) is 3.52. The number of ether oxygens (including phenoxy) is 2. The summed E-state index contributed by atoms with van der Waals surface area (Å²) >= 11 is 1.05. The van der Waals surface area contributed by atoms with Gasteiger partial charge in [-0.25, -0.2) is 4.79 Å². The van der Waals surface area contributed by atoms with Crippen LogP contribution in [-0.4, -0.2) is 30.9 Å². The number of benzene rings is 1. The van der Waals surface area contributed by atoms with Crippen molar-refractivity contribution >= 4 is 29.4 Å². The van der Waals surface area contributed by atoms with Crippen LogP contribution in [0.5, 0.6) is 11.5 Å². The lowest BCUT2D eigenvalue weighted by atomic mass is 10.2. The molecule has 1 heterocycles. The number of nitrogens with zero attached hydrogens (tertiary/aromatic N) is 1. The van der Waals surface area contributed by atoms with Gasteiger partial charge in [-0.05, 0) is 42.8 Å². The highest BCUT2D eigenvalue weighted by Gasteiger charge is 2.13. The first-order valence-electron chi connectivity index (χ1n) is 9.35. The summed E-state index contributed by atoms with van der Waals surface area (Å²) in [5.74, 6) is 0.562. The fraction of sp³-hybridized carbons (Fsp3) is 0.350. The number of hydrogen-bond acceptors (Lipinski definition) is 6. The van der Waals surface area contributed by atoms with Gasteiger partial charge in [-0.1, -0.05) is 13.8 Å². The molecule has 0 saturated heterocycles. The second kappa shape index (κ2) is 11.8. The van der Waals surface area contributed by atoms with Crippen LogP contribution in [0.25, 0.3) is 0 Å². The van der Waals surface area contributed by atoms with E-state index in [1.54, 1.807) is 36.4 Å². The second-order valence-electron chi connectivity index (χ2n) is 6.01. The number of anilines is 1. The highest BCUT2D eigenvalue weighted by Crippen LogP contribution is 2.31. The summed E-state index contributed by atoms with van der Waals surface area (Å²) in [7, 11) is 0. The molecule has 0 radical (unpaired) electrons. The number of rotatable bonds is 10. The molecule has 0 unspecified atom stereocenters. The van der Waals surface area contributed by atoms with E-state index >= 15 is 0 Å². The SMILES string of the molecule is CCCOc1ccc(NC(=O)NC(=O)CSc2cccc[n+]2[O-])cc1OCCC. The van der Waals surface area contributed by atoms with Crippen molar-refractivity contribution in [3.8, 4) is 11.5 Å². The number of thioether (sulfide) groups is 1. The molecule has 0 aliphatic carbocycles. The van der Waals surface area contributed by atoms with Gasteiger partial charge in [-0.3, -0.25) is 10.1 Å². The van der Waals surface area contributed by atoms with Crippen molar-refractivity contribution in [2.45, 2.75) is 31.7 Å². The normalized spacial score (nSPS) is 10.3. The molecule has 8 nitrogen and oxygen atoms in total. The van der Waals surface area contributed by atoms with Crippen LogP contribution in [0.3, 0.4) is 0 Å². The molecule has 156 valence electrons. The molecule has 2 rings (SSSR count). The van der Waals surface area contributed by atoms with E-state index in [-0.39, 0.29) is 5.75 Å². The van der Waals surface area contributed by atoms with E-state index in [4.69, 9.17) is 9.47 Å². The zero-order valence-corrected chi connectivity index (χ0v) is 17.3. The van der Waals surface area contributed by atoms with Crippen molar-refractivity contribution < 1.29 is 23.8 Å². The van der Waals surface area contributed by atoms with Crippen LogP contribution in [-0.2, 0) is 4.79 Å². The molecule has 1 aromatic carbocycles. The minimum Gasteiger partial charge on any atom is -0.618 e. The topological polar surface area (TPSA) is 104 Å². The fourth-order valence-electron chi connectivity index (χ4n) is 2.23. The van der Waals surface area contributed by atoms with Gasteiger partial charge in [-0.2, -0.15) is 4.73 Å². The molecule has 2 N–H and O–H groups in total. The largest absolute Gasteiger partial charge is 0.618 e. The minimum atomic E-state index is -0.665. The number of amides is 3. The predicted octanol–water partition coefficient (Wildman–Crippen LogP) is 3.34. The van der Waals surface area contributed by atoms with E-state index in [9.17, 15) is 14.8 Å². The van der Waals surface area contributed by atoms with Gasteiger partial charge in [0.1, 0.15) is 0 Å². The maximum absolute atomic E-state index is 12.1. The molecular formula is C20H25N3O5S. The van der Waals surface area contributed by atoms with Crippen LogP contribution < -0.4 is 24.8 Å². The maximum Gasteiger partial charge on any atom is 0.325 e. The van der Waals surface area contributed by atoms with Gasteiger partial charge in [0.15, 0.2) is 17.7 Å². The third-order valence-corrected chi connectivity index (χ3v) is 4.54. The summed E-state index contributed by atoms with van der Waals surface area (Å²) in [5.41, 5.74) is 0.471. The number of nitrogens with one attached hydrogen (secondary N) is 2. The van der Waals surface area contributed by atoms with Gasteiger partial charge in [0.2, 0.25) is 5.91 Å². The van der Waals surface area contributed by atoms with Gasteiger partial charge in [0, 0.05) is 23.9 Å². The van der Waals surface area contributed by atoms with E-state index in [2.05, 4.69) is 10.6 Å². The number of urea groups is 1. The van der Waals surface area contributed by atoms with Crippen LogP contribution in [0.2, 0.25) is 0 Å². The van der Waals surface area contributed by atoms with Gasteiger partial charge < -0.3 is 20.0 Å². The van der Waals surface area contributed by atoms with E-state index in [0.717, 1.165) is 24.6 Å². The second-order valence-corrected chi connectivity index (χ2v) is 7.01. The van der Waals surface area contributed by atoms with Crippen LogP contribution in [0.1, 0.15) is 26.7 Å².